The molecule has 1 aliphatic rings. The van der Waals surface area contributed by atoms with Crippen LogP contribution in [0.2, 0.25) is 0 Å². The van der Waals surface area contributed by atoms with Crippen LogP contribution >= 0.6 is 0 Å². The van der Waals surface area contributed by atoms with E-state index in [4.69, 9.17) is 9.47 Å². The lowest BCUT2D eigenvalue weighted by atomic mass is 10.0. The molecule has 7 nitrogen and oxygen atoms in total. The first-order valence-electron chi connectivity index (χ1n) is 9.75. The predicted octanol–water partition coefficient (Wildman–Crippen LogP) is 3.33. The molecule has 0 saturated carbocycles. The molecule has 0 bridgehead atoms. The Labute approximate surface area is 170 Å². The Kier molecular flexibility index (Phi) is 6.06. The number of rotatable bonds is 5. The second-order valence-corrected chi connectivity index (χ2v) is 7.43. The first-order chi connectivity index (χ1) is 13.8. The summed E-state index contributed by atoms with van der Waals surface area (Å²) in [6.45, 7) is 7.09. The maximum absolute atomic E-state index is 12.6. The van der Waals surface area contributed by atoms with Gasteiger partial charge < -0.3 is 19.4 Å². The molecular formula is C22H26N2O5. The molecule has 7 heteroatoms. The van der Waals surface area contributed by atoms with E-state index < -0.39 is 11.9 Å². The predicted molar refractivity (Wildman–Crippen MR) is 108 cm³/mol. The van der Waals surface area contributed by atoms with Crippen LogP contribution in [-0.4, -0.2) is 42.1 Å². The van der Waals surface area contributed by atoms with E-state index >= 15 is 0 Å². The fraction of sp³-hybridized carbons (Fsp3) is 0.409. The number of esters is 2. The molecule has 3 rings (SSSR count). The SMILES string of the molecule is Cc1[nH]c(C(=O)OCC(=O)N2CCCc3ccccc32)c(C)c1C(=O)OC(C)C. The summed E-state index contributed by atoms with van der Waals surface area (Å²) in [6.07, 6.45) is 1.53. The molecule has 0 saturated heterocycles. The lowest BCUT2D eigenvalue weighted by Crippen LogP contribution is -2.38. The van der Waals surface area contributed by atoms with Crippen LogP contribution in [-0.2, 0) is 20.7 Å². The van der Waals surface area contributed by atoms with E-state index in [2.05, 4.69) is 4.98 Å². The summed E-state index contributed by atoms with van der Waals surface area (Å²) < 4.78 is 10.5. The zero-order chi connectivity index (χ0) is 21.1. The average molecular weight is 398 g/mol. The molecular weight excluding hydrogens is 372 g/mol. The number of aromatic nitrogens is 1. The first kappa shape index (κ1) is 20.6. The van der Waals surface area contributed by atoms with Gasteiger partial charge in [-0.25, -0.2) is 9.59 Å². The smallest absolute Gasteiger partial charge is 0.355 e. The largest absolute Gasteiger partial charge is 0.459 e. The minimum absolute atomic E-state index is 0.157. The fourth-order valence-electron chi connectivity index (χ4n) is 3.60. The highest BCUT2D eigenvalue weighted by molar-refractivity contribution is 6.00. The summed E-state index contributed by atoms with van der Waals surface area (Å²) in [5.74, 6) is -1.44. The summed E-state index contributed by atoms with van der Waals surface area (Å²) in [6, 6.07) is 7.74. The third kappa shape index (κ3) is 4.34. The van der Waals surface area contributed by atoms with E-state index in [9.17, 15) is 14.4 Å². The number of H-pyrrole nitrogens is 1. The second kappa shape index (κ2) is 8.51. The summed E-state index contributed by atoms with van der Waals surface area (Å²) in [4.78, 5) is 42.0. The van der Waals surface area contributed by atoms with E-state index in [1.165, 1.54) is 0 Å². The van der Waals surface area contributed by atoms with Crippen molar-refractivity contribution < 1.29 is 23.9 Å². The van der Waals surface area contributed by atoms with Crippen LogP contribution in [0.1, 0.15) is 57.9 Å². The molecule has 29 heavy (non-hydrogen) atoms. The fourth-order valence-corrected chi connectivity index (χ4v) is 3.60. The lowest BCUT2D eigenvalue weighted by Gasteiger charge is -2.29. The van der Waals surface area contributed by atoms with Crippen molar-refractivity contribution in [3.63, 3.8) is 0 Å². The van der Waals surface area contributed by atoms with Gasteiger partial charge in [0.2, 0.25) is 0 Å². The Balaban J connectivity index is 1.69. The van der Waals surface area contributed by atoms with Crippen molar-refractivity contribution in [2.24, 2.45) is 0 Å². The lowest BCUT2D eigenvalue weighted by molar-refractivity contribution is -0.121. The Morgan fingerprint density at radius 2 is 1.86 bits per heavy atom. The van der Waals surface area contributed by atoms with Crippen LogP contribution in [0.15, 0.2) is 24.3 Å². The molecule has 0 spiro atoms. The standard InChI is InChI=1S/C22H26N2O5/c1-13(2)29-21(26)19-14(3)20(23-15(19)4)22(27)28-12-18(25)24-11-7-9-16-8-5-6-10-17(16)24/h5-6,8,10,13,23H,7,9,11-12H2,1-4H3. The number of fused-ring (bicyclic) bond motifs is 1. The zero-order valence-electron chi connectivity index (χ0n) is 17.2. The zero-order valence-corrected chi connectivity index (χ0v) is 17.2. The topological polar surface area (TPSA) is 88.7 Å². The summed E-state index contributed by atoms with van der Waals surface area (Å²) in [7, 11) is 0. The van der Waals surface area contributed by atoms with E-state index in [0.29, 0.717) is 23.4 Å². The Morgan fingerprint density at radius 1 is 1.14 bits per heavy atom. The molecule has 0 aliphatic carbocycles. The number of benzene rings is 1. The summed E-state index contributed by atoms with van der Waals surface area (Å²) >= 11 is 0. The molecule has 0 atom stereocenters. The molecule has 1 aromatic heterocycles. The van der Waals surface area contributed by atoms with E-state index in [1.807, 2.05) is 24.3 Å². The van der Waals surface area contributed by atoms with Gasteiger partial charge >= 0.3 is 11.9 Å². The normalized spacial score (nSPS) is 13.2. The number of aromatic amines is 1. The van der Waals surface area contributed by atoms with Gasteiger partial charge in [-0.15, -0.1) is 0 Å². The van der Waals surface area contributed by atoms with Gasteiger partial charge in [0.05, 0.1) is 11.7 Å². The molecule has 1 aromatic carbocycles. The Morgan fingerprint density at radius 3 is 2.59 bits per heavy atom. The quantitative estimate of drug-likeness (QED) is 0.781. The minimum atomic E-state index is -0.673. The van der Waals surface area contributed by atoms with Crippen molar-refractivity contribution in [1.82, 2.24) is 4.98 Å². The van der Waals surface area contributed by atoms with Gasteiger partial charge in [-0.3, -0.25) is 4.79 Å². The van der Waals surface area contributed by atoms with Gasteiger partial charge in [0.25, 0.3) is 5.91 Å². The van der Waals surface area contributed by atoms with Gasteiger partial charge in [-0.05, 0) is 57.7 Å². The summed E-state index contributed by atoms with van der Waals surface area (Å²) in [5, 5.41) is 0. The number of anilines is 1. The number of aryl methyl sites for hydroxylation is 2. The molecule has 1 N–H and O–H groups in total. The van der Waals surface area contributed by atoms with Crippen molar-refractivity contribution in [1.29, 1.82) is 0 Å². The number of hydrogen-bond donors (Lipinski definition) is 1. The Bertz CT molecular complexity index is 945. The molecule has 1 amide bonds. The van der Waals surface area contributed by atoms with Crippen molar-refractivity contribution in [3.8, 4) is 0 Å². The molecule has 2 heterocycles. The van der Waals surface area contributed by atoms with Crippen molar-refractivity contribution >= 4 is 23.5 Å². The second-order valence-electron chi connectivity index (χ2n) is 7.43. The number of hydrogen-bond acceptors (Lipinski definition) is 5. The highest BCUT2D eigenvalue weighted by Crippen LogP contribution is 2.27. The number of ether oxygens (including phenoxy) is 2. The minimum Gasteiger partial charge on any atom is -0.459 e. The highest BCUT2D eigenvalue weighted by Gasteiger charge is 2.27. The maximum Gasteiger partial charge on any atom is 0.355 e. The van der Waals surface area contributed by atoms with E-state index in [1.54, 1.807) is 32.6 Å². The number of nitrogens with zero attached hydrogens (tertiary/aromatic N) is 1. The maximum atomic E-state index is 12.6. The van der Waals surface area contributed by atoms with Gasteiger partial charge in [0.1, 0.15) is 5.69 Å². The van der Waals surface area contributed by atoms with Crippen molar-refractivity contribution in [2.45, 2.75) is 46.6 Å². The van der Waals surface area contributed by atoms with Crippen LogP contribution in [0.3, 0.4) is 0 Å². The molecule has 154 valence electrons. The van der Waals surface area contributed by atoms with Crippen LogP contribution in [0.4, 0.5) is 5.69 Å². The van der Waals surface area contributed by atoms with Crippen LogP contribution in [0, 0.1) is 13.8 Å². The van der Waals surface area contributed by atoms with Crippen LogP contribution in [0.25, 0.3) is 0 Å². The Hall–Kier alpha value is -3.09. The molecule has 1 aliphatic heterocycles. The monoisotopic (exact) mass is 398 g/mol. The van der Waals surface area contributed by atoms with Gasteiger partial charge in [-0.1, -0.05) is 18.2 Å². The third-order valence-corrected chi connectivity index (χ3v) is 4.93. The van der Waals surface area contributed by atoms with E-state index in [0.717, 1.165) is 24.1 Å². The van der Waals surface area contributed by atoms with Crippen molar-refractivity contribution in [3.05, 3.63) is 52.3 Å². The van der Waals surface area contributed by atoms with Crippen LogP contribution < -0.4 is 4.90 Å². The molecule has 2 aromatic rings. The van der Waals surface area contributed by atoms with Gasteiger partial charge in [0, 0.05) is 17.9 Å². The van der Waals surface area contributed by atoms with Gasteiger partial charge in [0.15, 0.2) is 6.61 Å². The first-order valence-corrected chi connectivity index (χ1v) is 9.75. The van der Waals surface area contributed by atoms with Gasteiger partial charge in [-0.2, -0.15) is 0 Å². The average Bonchev–Trinajstić information content (AvgIpc) is 2.99. The third-order valence-electron chi connectivity index (χ3n) is 4.93. The summed E-state index contributed by atoms with van der Waals surface area (Å²) in [5.41, 5.74) is 3.44. The molecule has 0 radical (unpaired) electrons. The molecule has 0 fully saturated rings. The number of carbonyl (C=O) groups is 3. The number of para-hydroxylation sites is 1. The molecule has 0 unspecified atom stereocenters. The number of nitrogens with one attached hydrogen (secondary N) is 1. The number of carbonyl (C=O) groups excluding carboxylic acids is 3. The highest BCUT2D eigenvalue weighted by atomic mass is 16.5. The number of amides is 1. The van der Waals surface area contributed by atoms with E-state index in [-0.39, 0.29) is 24.3 Å². The van der Waals surface area contributed by atoms with Crippen LogP contribution in [0.5, 0.6) is 0 Å². The van der Waals surface area contributed by atoms with Crippen molar-refractivity contribution in [2.75, 3.05) is 18.1 Å².